The molecular weight excluding hydrogens is 250 g/mol. The molecule has 0 radical (unpaired) electrons. The Balaban J connectivity index is 2.13. The maximum atomic E-state index is 9.42. The summed E-state index contributed by atoms with van der Waals surface area (Å²) in [5, 5.41) is 31.8. The molecule has 1 aromatic carbocycles. The molecule has 0 saturated heterocycles. The van der Waals surface area contributed by atoms with Crippen LogP contribution < -0.4 is 5.32 Å². The molecule has 0 bridgehead atoms. The average molecular weight is 265 g/mol. The van der Waals surface area contributed by atoms with Gasteiger partial charge in [-0.25, -0.2) is 0 Å². The molecule has 0 spiro atoms. The van der Waals surface area contributed by atoms with Gasteiger partial charge in [0.05, 0.1) is 0 Å². The second-order valence-corrected chi connectivity index (χ2v) is 4.98. The number of nitrogens with zero attached hydrogens (tertiary/aromatic N) is 2. The Hall–Kier alpha value is -1.66. The smallest absolute Gasteiger partial charge is 0.148 e. The molecule has 18 heavy (non-hydrogen) atoms. The fraction of sp³-hybridized carbons (Fsp3) is 0.333. The Labute approximate surface area is 109 Å². The van der Waals surface area contributed by atoms with Gasteiger partial charge in [-0.05, 0) is 25.1 Å². The summed E-state index contributed by atoms with van der Waals surface area (Å²) in [5.41, 5.74) is 0.673. The van der Waals surface area contributed by atoms with Crippen molar-refractivity contribution < 1.29 is 10.2 Å². The third-order valence-electron chi connectivity index (χ3n) is 2.32. The van der Waals surface area contributed by atoms with Crippen LogP contribution in [0.2, 0.25) is 0 Å². The highest BCUT2D eigenvalue weighted by atomic mass is 32.1. The zero-order valence-corrected chi connectivity index (χ0v) is 10.9. The molecule has 3 N–H and O–H groups in total. The van der Waals surface area contributed by atoms with E-state index in [2.05, 4.69) is 22.4 Å². The molecule has 0 unspecified atom stereocenters. The summed E-state index contributed by atoms with van der Waals surface area (Å²) in [5.74, 6) is 0.0386. The summed E-state index contributed by atoms with van der Waals surface area (Å²) in [6.07, 6.45) is 1.08. The lowest BCUT2D eigenvalue weighted by atomic mass is 10.2. The molecule has 96 valence electrons. The predicted octanol–water partition coefficient (Wildman–Crippen LogP) is 2.12. The second kappa shape index (κ2) is 5.79. The standard InChI is InChI=1S/C12H15N3O2S/c1-2-3-13-7-11-14-15-12(18-11)8-4-9(16)6-10(17)5-8/h4-6,13,16-17H,2-3,7H2,1H3. The molecule has 6 heteroatoms. The average Bonchev–Trinajstić information content (AvgIpc) is 2.77. The number of aromatic nitrogens is 2. The van der Waals surface area contributed by atoms with Gasteiger partial charge < -0.3 is 15.5 Å². The quantitative estimate of drug-likeness (QED) is 0.722. The minimum absolute atomic E-state index is 0.0193. The summed E-state index contributed by atoms with van der Waals surface area (Å²) in [6.45, 7) is 3.74. The molecule has 0 aliphatic carbocycles. The molecule has 0 aliphatic rings. The van der Waals surface area contributed by atoms with Crippen molar-refractivity contribution in [3.63, 3.8) is 0 Å². The Morgan fingerprint density at radius 3 is 2.56 bits per heavy atom. The van der Waals surface area contributed by atoms with Crippen molar-refractivity contribution in [1.29, 1.82) is 0 Å². The number of phenolic OH excluding ortho intramolecular Hbond substituents is 2. The predicted molar refractivity (Wildman–Crippen MR) is 70.7 cm³/mol. The highest BCUT2D eigenvalue weighted by Crippen LogP contribution is 2.30. The monoisotopic (exact) mass is 265 g/mol. The van der Waals surface area contributed by atoms with Crippen LogP contribution in [0.5, 0.6) is 11.5 Å². The van der Waals surface area contributed by atoms with Gasteiger partial charge in [0, 0.05) is 18.2 Å². The van der Waals surface area contributed by atoms with Gasteiger partial charge in [-0.15, -0.1) is 10.2 Å². The molecule has 2 rings (SSSR count). The van der Waals surface area contributed by atoms with Gasteiger partial charge in [-0.2, -0.15) is 0 Å². The number of hydrogen-bond donors (Lipinski definition) is 3. The fourth-order valence-corrected chi connectivity index (χ4v) is 2.33. The molecule has 0 fully saturated rings. The highest BCUT2D eigenvalue weighted by molar-refractivity contribution is 7.14. The summed E-state index contributed by atoms with van der Waals surface area (Å²) in [4.78, 5) is 0. The SMILES string of the molecule is CCCNCc1nnc(-c2cc(O)cc(O)c2)s1. The van der Waals surface area contributed by atoms with Crippen LogP contribution in [0.1, 0.15) is 18.4 Å². The summed E-state index contributed by atoms with van der Waals surface area (Å²) < 4.78 is 0. The maximum absolute atomic E-state index is 9.42. The van der Waals surface area contributed by atoms with E-state index in [0.717, 1.165) is 18.0 Å². The number of nitrogens with one attached hydrogen (secondary N) is 1. The highest BCUT2D eigenvalue weighted by Gasteiger charge is 2.08. The summed E-state index contributed by atoms with van der Waals surface area (Å²) in [7, 11) is 0. The van der Waals surface area contributed by atoms with E-state index in [9.17, 15) is 10.2 Å². The van der Waals surface area contributed by atoms with E-state index in [4.69, 9.17) is 0 Å². The molecule has 0 aliphatic heterocycles. The van der Waals surface area contributed by atoms with E-state index in [1.807, 2.05) is 0 Å². The number of phenols is 2. The van der Waals surface area contributed by atoms with Gasteiger partial charge in [0.1, 0.15) is 21.5 Å². The van der Waals surface area contributed by atoms with Crippen LogP contribution >= 0.6 is 11.3 Å². The van der Waals surface area contributed by atoms with Crippen molar-refractivity contribution in [1.82, 2.24) is 15.5 Å². The minimum atomic E-state index is 0.0193. The van der Waals surface area contributed by atoms with E-state index in [1.165, 1.54) is 17.4 Å². The Kier molecular flexibility index (Phi) is 4.11. The lowest BCUT2D eigenvalue weighted by molar-refractivity contribution is 0.451. The first-order valence-electron chi connectivity index (χ1n) is 5.75. The van der Waals surface area contributed by atoms with Crippen molar-refractivity contribution in [2.75, 3.05) is 6.54 Å². The molecule has 5 nitrogen and oxygen atoms in total. The van der Waals surface area contributed by atoms with Gasteiger partial charge in [0.2, 0.25) is 0 Å². The number of benzene rings is 1. The molecule has 0 saturated carbocycles. The van der Waals surface area contributed by atoms with Crippen LogP contribution in [0, 0.1) is 0 Å². The van der Waals surface area contributed by atoms with Crippen LogP contribution in [-0.2, 0) is 6.54 Å². The molecule has 1 aromatic heterocycles. The van der Waals surface area contributed by atoms with Crippen molar-refractivity contribution in [3.8, 4) is 22.1 Å². The Morgan fingerprint density at radius 2 is 1.89 bits per heavy atom. The van der Waals surface area contributed by atoms with E-state index in [0.29, 0.717) is 17.1 Å². The van der Waals surface area contributed by atoms with Crippen LogP contribution in [-0.4, -0.2) is 27.0 Å². The van der Waals surface area contributed by atoms with Gasteiger partial charge in [-0.3, -0.25) is 0 Å². The first-order chi connectivity index (χ1) is 8.69. The first kappa shape index (κ1) is 12.8. The topological polar surface area (TPSA) is 78.3 Å². The van der Waals surface area contributed by atoms with Crippen LogP contribution in [0.15, 0.2) is 18.2 Å². The maximum Gasteiger partial charge on any atom is 0.148 e. The van der Waals surface area contributed by atoms with Crippen molar-refractivity contribution in [2.45, 2.75) is 19.9 Å². The van der Waals surface area contributed by atoms with Crippen LogP contribution in [0.25, 0.3) is 10.6 Å². The first-order valence-corrected chi connectivity index (χ1v) is 6.57. The normalized spacial score (nSPS) is 10.7. The largest absolute Gasteiger partial charge is 0.508 e. The fourth-order valence-electron chi connectivity index (χ4n) is 1.53. The molecule has 1 heterocycles. The van der Waals surface area contributed by atoms with Crippen molar-refractivity contribution in [2.24, 2.45) is 0 Å². The summed E-state index contributed by atoms with van der Waals surface area (Å²) in [6, 6.07) is 4.40. The zero-order valence-electron chi connectivity index (χ0n) is 10.1. The Bertz CT molecular complexity index is 508. The van der Waals surface area contributed by atoms with Crippen LogP contribution in [0.4, 0.5) is 0 Å². The van der Waals surface area contributed by atoms with Gasteiger partial charge in [0.25, 0.3) is 0 Å². The lowest BCUT2D eigenvalue weighted by Crippen LogP contribution is -2.13. The zero-order chi connectivity index (χ0) is 13.0. The van der Waals surface area contributed by atoms with Crippen LogP contribution in [0.3, 0.4) is 0 Å². The van der Waals surface area contributed by atoms with E-state index in [-0.39, 0.29) is 11.5 Å². The minimum Gasteiger partial charge on any atom is -0.508 e. The third-order valence-corrected chi connectivity index (χ3v) is 3.29. The molecule has 0 atom stereocenters. The van der Waals surface area contributed by atoms with Gasteiger partial charge in [0.15, 0.2) is 0 Å². The van der Waals surface area contributed by atoms with Crippen molar-refractivity contribution in [3.05, 3.63) is 23.2 Å². The number of hydrogen-bond acceptors (Lipinski definition) is 6. The molecular formula is C12H15N3O2S. The summed E-state index contributed by atoms with van der Waals surface area (Å²) >= 11 is 1.45. The van der Waals surface area contributed by atoms with Gasteiger partial charge >= 0.3 is 0 Å². The molecule has 2 aromatic rings. The lowest BCUT2D eigenvalue weighted by Gasteiger charge is -1.99. The number of aromatic hydroxyl groups is 2. The second-order valence-electron chi connectivity index (χ2n) is 3.92. The van der Waals surface area contributed by atoms with E-state index in [1.54, 1.807) is 12.1 Å². The van der Waals surface area contributed by atoms with Gasteiger partial charge in [-0.1, -0.05) is 18.3 Å². The van der Waals surface area contributed by atoms with Crippen molar-refractivity contribution >= 4 is 11.3 Å². The molecule has 0 amide bonds. The van der Waals surface area contributed by atoms with E-state index >= 15 is 0 Å². The third kappa shape index (κ3) is 3.18. The van der Waals surface area contributed by atoms with E-state index < -0.39 is 0 Å². The number of rotatable bonds is 5. The Morgan fingerprint density at radius 1 is 1.17 bits per heavy atom.